The molecule has 0 spiro atoms. The maximum atomic E-state index is 11.6. The van der Waals surface area contributed by atoms with E-state index in [9.17, 15) is 4.79 Å². The summed E-state index contributed by atoms with van der Waals surface area (Å²) in [6.45, 7) is 1.67. The number of aromatic nitrogens is 2. The third kappa shape index (κ3) is 3.94. The molecule has 0 unspecified atom stereocenters. The monoisotopic (exact) mass is 286 g/mol. The topological polar surface area (TPSA) is 72.9 Å². The van der Waals surface area contributed by atoms with Gasteiger partial charge in [0.1, 0.15) is 5.82 Å². The summed E-state index contributed by atoms with van der Waals surface area (Å²) in [6, 6.07) is 1.48. The van der Waals surface area contributed by atoms with Crippen molar-refractivity contribution in [3.05, 3.63) is 11.8 Å². The van der Waals surface area contributed by atoms with Crippen molar-refractivity contribution in [2.24, 2.45) is 12.8 Å². The second kappa shape index (κ2) is 6.91. The van der Waals surface area contributed by atoms with Crippen molar-refractivity contribution in [3.8, 4) is 0 Å². The zero-order valence-electron chi connectivity index (χ0n) is 11.6. The summed E-state index contributed by atoms with van der Waals surface area (Å²) in [4.78, 5) is 11.6. The van der Waals surface area contributed by atoms with Gasteiger partial charge in [0.2, 0.25) is 5.91 Å². The maximum absolute atomic E-state index is 11.6. The lowest BCUT2D eigenvalue weighted by Crippen LogP contribution is -2.33. The molecule has 1 aliphatic carbocycles. The van der Waals surface area contributed by atoms with Crippen LogP contribution in [0.15, 0.2) is 6.07 Å². The van der Waals surface area contributed by atoms with Gasteiger partial charge >= 0.3 is 0 Å². The van der Waals surface area contributed by atoms with Gasteiger partial charge in [-0.1, -0.05) is 19.3 Å². The molecule has 1 aliphatic rings. The quantitative estimate of drug-likeness (QED) is 0.894. The van der Waals surface area contributed by atoms with Gasteiger partial charge in [0.25, 0.3) is 0 Å². The van der Waals surface area contributed by atoms with E-state index in [0.717, 1.165) is 11.5 Å². The molecule has 1 amide bonds. The van der Waals surface area contributed by atoms with Crippen LogP contribution in [0.1, 0.15) is 50.6 Å². The van der Waals surface area contributed by atoms with Crippen LogP contribution in [0, 0.1) is 0 Å². The molecule has 1 fully saturated rings. The fourth-order valence-electron chi connectivity index (χ4n) is 2.44. The first kappa shape index (κ1) is 16.0. The molecule has 1 aromatic rings. The number of hydrogen-bond acceptors (Lipinski definition) is 3. The Bertz CT molecular complexity index is 424. The molecule has 0 saturated heterocycles. The molecule has 6 heteroatoms. The van der Waals surface area contributed by atoms with Crippen LogP contribution in [0.3, 0.4) is 0 Å². The fraction of sp³-hybridized carbons (Fsp3) is 0.692. The highest BCUT2D eigenvalue weighted by atomic mass is 35.5. The summed E-state index contributed by atoms with van der Waals surface area (Å²) in [6.07, 6.45) is 6.30. The minimum atomic E-state index is -0.502. The molecule has 1 saturated carbocycles. The Hall–Kier alpha value is -1.07. The Morgan fingerprint density at radius 1 is 1.47 bits per heavy atom. The van der Waals surface area contributed by atoms with Crippen LogP contribution in [0.4, 0.5) is 5.82 Å². The Kier molecular flexibility index (Phi) is 5.82. The molecular formula is C13H23ClN4O. The molecule has 2 rings (SSSR count). The van der Waals surface area contributed by atoms with Gasteiger partial charge in [-0.2, -0.15) is 5.10 Å². The third-order valence-electron chi connectivity index (χ3n) is 3.59. The van der Waals surface area contributed by atoms with Crippen molar-refractivity contribution in [1.82, 2.24) is 9.78 Å². The van der Waals surface area contributed by atoms with Gasteiger partial charge in [-0.25, -0.2) is 0 Å². The highest BCUT2D eigenvalue weighted by molar-refractivity contribution is 5.93. The Balaban J connectivity index is 0.00000180. The van der Waals surface area contributed by atoms with Gasteiger partial charge in [-0.3, -0.25) is 9.48 Å². The van der Waals surface area contributed by atoms with Crippen molar-refractivity contribution in [1.29, 1.82) is 0 Å². The molecule has 0 radical (unpaired) electrons. The number of rotatable bonds is 3. The third-order valence-corrected chi connectivity index (χ3v) is 3.59. The van der Waals surface area contributed by atoms with E-state index in [1.54, 1.807) is 11.6 Å². The molecule has 1 aromatic heterocycles. The number of halogens is 1. The second-order valence-electron chi connectivity index (χ2n) is 5.19. The highest BCUT2D eigenvalue weighted by Gasteiger charge is 2.20. The lowest BCUT2D eigenvalue weighted by atomic mass is 9.87. The molecular weight excluding hydrogens is 264 g/mol. The van der Waals surface area contributed by atoms with Crippen LogP contribution < -0.4 is 11.1 Å². The van der Waals surface area contributed by atoms with E-state index < -0.39 is 6.04 Å². The summed E-state index contributed by atoms with van der Waals surface area (Å²) in [7, 11) is 1.85. The van der Waals surface area contributed by atoms with Gasteiger partial charge in [0, 0.05) is 19.0 Å². The van der Waals surface area contributed by atoms with E-state index in [4.69, 9.17) is 5.73 Å². The van der Waals surface area contributed by atoms with Gasteiger partial charge in [0.05, 0.1) is 11.7 Å². The normalized spacial score (nSPS) is 17.6. The lowest BCUT2D eigenvalue weighted by molar-refractivity contribution is -0.117. The first-order valence-electron chi connectivity index (χ1n) is 6.68. The van der Waals surface area contributed by atoms with E-state index in [0.29, 0.717) is 5.92 Å². The number of nitrogens with zero attached hydrogens (tertiary/aromatic N) is 2. The largest absolute Gasteiger partial charge is 0.320 e. The van der Waals surface area contributed by atoms with Crippen LogP contribution in [0.25, 0.3) is 0 Å². The Morgan fingerprint density at radius 2 is 2.11 bits per heavy atom. The van der Waals surface area contributed by atoms with Crippen LogP contribution in [0.2, 0.25) is 0 Å². The summed E-state index contributed by atoms with van der Waals surface area (Å²) in [5.74, 6) is 1.11. The number of carbonyl (C=O) groups is 1. The van der Waals surface area contributed by atoms with Gasteiger partial charge in [0.15, 0.2) is 0 Å². The zero-order chi connectivity index (χ0) is 13.1. The predicted molar refractivity (Wildman–Crippen MR) is 78.6 cm³/mol. The average molecular weight is 287 g/mol. The number of hydrogen-bond donors (Lipinski definition) is 2. The number of carbonyl (C=O) groups excluding carboxylic acids is 1. The van der Waals surface area contributed by atoms with E-state index in [2.05, 4.69) is 10.4 Å². The Morgan fingerprint density at radius 3 is 2.68 bits per heavy atom. The van der Waals surface area contributed by atoms with Crippen LogP contribution in [0.5, 0.6) is 0 Å². The summed E-state index contributed by atoms with van der Waals surface area (Å²) in [5, 5.41) is 7.31. The molecule has 5 nitrogen and oxygen atoms in total. The van der Waals surface area contributed by atoms with Crippen LogP contribution in [-0.2, 0) is 11.8 Å². The zero-order valence-corrected chi connectivity index (χ0v) is 12.4. The number of nitrogens with two attached hydrogens (primary N) is 1. The molecule has 0 aliphatic heterocycles. The maximum Gasteiger partial charge on any atom is 0.242 e. The van der Waals surface area contributed by atoms with Gasteiger partial charge < -0.3 is 11.1 Å². The number of aryl methyl sites for hydroxylation is 1. The summed E-state index contributed by atoms with van der Waals surface area (Å²) < 4.78 is 1.73. The second-order valence-corrected chi connectivity index (χ2v) is 5.19. The Labute approximate surface area is 120 Å². The molecule has 3 N–H and O–H groups in total. The first-order valence-corrected chi connectivity index (χ1v) is 6.68. The number of amides is 1. The van der Waals surface area contributed by atoms with Crippen molar-refractivity contribution in [2.45, 2.75) is 51.0 Å². The van der Waals surface area contributed by atoms with Crippen LogP contribution in [-0.4, -0.2) is 21.7 Å². The molecule has 108 valence electrons. The number of nitrogens with one attached hydrogen (secondary N) is 1. The van der Waals surface area contributed by atoms with E-state index in [1.807, 2.05) is 13.1 Å². The fourth-order valence-corrected chi connectivity index (χ4v) is 2.44. The summed E-state index contributed by atoms with van der Waals surface area (Å²) >= 11 is 0. The van der Waals surface area contributed by atoms with Crippen molar-refractivity contribution >= 4 is 24.1 Å². The predicted octanol–water partition coefficient (Wildman–Crippen LogP) is 2.18. The lowest BCUT2D eigenvalue weighted by Gasteiger charge is -2.19. The minimum Gasteiger partial charge on any atom is -0.320 e. The van der Waals surface area contributed by atoms with E-state index in [-0.39, 0.29) is 18.3 Å². The summed E-state index contributed by atoms with van der Waals surface area (Å²) in [5.41, 5.74) is 6.64. The van der Waals surface area contributed by atoms with Gasteiger partial charge in [-0.15, -0.1) is 12.4 Å². The average Bonchev–Trinajstić information content (AvgIpc) is 2.72. The molecule has 1 heterocycles. The molecule has 1 atom stereocenters. The SMILES string of the molecule is C[C@H](N)C(=O)Nc1cc(C2CCCCC2)nn1C.Cl. The highest BCUT2D eigenvalue weighted by Crippen LogP contribution is 2.32. The molecule has 0 aromatic carbocycles. The first-order chi connectivity index (χ1) is 8.58. The standard InChI is InChI=1S/C13H22N4O.ClH/c1-9(14)13(18)15-12-8-11(16-17(12)2)10-6-4-3-5-7-10;/h8-10H,3-7,14H2,1-2H3,(H,15,18);1H/t9-;/m0./s1. The van der Waals surface area contributed by atoms with Crippen LogP contribution >= 0.6 is 12.4 Å². The van der Waals surface area contributed by atoms with Crippen molar-refractivity contribution in [2.75, 3.05) is 5.32 Å². The smallest absolute Gasteiger partial charge is 0.242 e. The van der Waals surface area contributed by atoms with E-state index in [1.165, 1.54) is 32.1 Å². The van der Waals surface area contributed by atoms with E-state index >= 15 is 0 Å². The minimum absolute atomic E-state index is 0. The van der Waals surface area contributed by atoms with Crippen molar-refractivity contribution < 1.29 is 4.79 Å². The molecule has 19 heavy (non-hydrogen) atoms. The van der Waals surface area contributed by atoms with Crippen molar-refractivity contribution in [3.63, 3.8) is 0 Å². The number of anilines is 1. The molecule has 0 bridgehead atoms. The van der Waals surface area contributed by atoms with Gasteiger partial charge in [-0.05, 0) is 19.8 Å².